The van der Waals surface area contributed by atoms with Crippen molar-refractivity contribution in [3.05, 3.63) is 52.3 Å². The topological polar surface area (TPSA) is 29.9 Å². The Bertz CT molecular complexity index is 563. The maximum atomic E-state index is 6.48. The molecule has 21 heavy (non-hydrogen) atoms. The predicted octanol–water partition coefficient (Wildman–Crippen LogP) is 3.92. The van der Waals surface area contributed by atoms with Gasteiger partial charge in [-0.2, -0.15) is 5.10 Å². The Hall–Kier alpha value is -1.32. The van der Waals surface area contributed by atoms with E-state index in [4.69, 9.17) is 11.6 Å². The lowest BCUT2D eigenvalue weighted by molar-refractivity contribution is 0.512. The zero-order valence-electron chi connectivity index (χ0n) is 13.1. The fourth-order valence-electron chi connectivity index (χ4n) is 2.55. The third-order valence-corrected chi connectivity index (χ3v) is 4.18. The molecule has 0 spiro atoms. The molecule has 0 aliphatic rings. The molecule has 1 atom stereocenters. The van der Waals surface area contributed by atoms with E-state index in [1.807, 2.05) is 17.8 Å². The van der Waals surface area contributed by atoms with E-state index < -0.39 is 0 Å². The molecule has 2 rings (SSSR count). The van der Waals surface area contributed by atoms with E-state index in [-0.39, 0.29) is 6.04 Å². The lowest BCUT2D eigenvalue weighted by Gasteiger charge is -2.19. The van der Waals surface area contributed by atoms with Gasteiger partial charge in [0.15, 0.2) is 0 Å². The van der Waals surface area contributed by atoms with E-state index in [0.29, 0.717) is 0 Å². The van der Waals surface area contributed by atoms with Gasteiger partial charge in [-0.05, 0) is 24.9 Å². The molecule has 4 heteroatoms. The van der Waals surface area contributed by atoms with Gasteiger partial charge in [-0.1, -0.05) is 55.8 Å². The van der Waals surface area contributed by atoms with Crippen LogP contribution in [0.2, 0.25) is 5.02 Å². The lowest BCUT2D eigenvalue weighted by atomic mass is 10.0. The monoisotopic (exact) mass is 305 g/mol. The molecule has 1 unspecified atom stereocenters. The third-order valence-electron chi connectivity index (χ3n) is 3.74. The summed E-state index contributed by atoms with van der Waals surface area (Å²) in [4.78, 5) is 0. The third kappa shape index (κ3) is 3.86. The molecule has 114 valence electrons. The number of hydrogen-bond donors (Lipinski definition) is 1. The molecular weight excluding hydrogens is 282 g/mol. The number of nitrogens with one attached hydrogen (secondary N) is 1. The minimum absolute atomic E-state index is 0.267. The number of benzene rings is 1. The highest BCUT2D eigenvalue weighted by Crippen LogP contribution is 2.26. The zero-order chi connectivity index (χ0) is 15.2. The summed E-state index contributed by atoms with van der Waals surface area (Å²) in [5.41, 5.74) is 3.38. The van der Waals surface area contributed by atoms with Crippen LogP contribution in [0, 0.1) is 0 Å². The maximum absolute atomic E-state index is 6.48. The van der Waals surface area contributed by atoms with E-state index in [0.717, 1.165) is 42.2 Å². The summed E-state index contributed by atoms with van der Waals surface area (Å²) in [6, 6.07) is 10.8. The minimum Gasteiger partial charge on any atom is -0.310 e. The molecular formula is C17H24ClN3. The molecule has 2 aromatic rings. The first kappa shape index (κ1) is 16.1. The Morgan fingerprint density at radius 2 is 1.95 bits per heavy atom. The second kappa shape index (κ2) is 7.62. The van der Waals surface area contributed by atoms with Gasteiger partial charge < -0.3 is 5.32 Å². The van der Waals surface area contributed by atoms with Gasteiger partial charge in [0.1, 0.15) is 0 Å². The second-order valence-electron chi connectivity index (χ2n) is 5.31. The van der Waals surface area contributed by atoms with Crippen LogP contribution in [0.1, 0.15) is 43.3 Å². The Morgan fingerprint density at radius 3 is 2.52 bits per heavy atom. The number of hydrogen-bond acceptors (Lipinski definition) is 2. The summed E-state index contributed by atoms with van der Waals surface area (Å²) < 4.78 is 1.92. The molecule has 0 aliphatic carbocycles. The van der Waals surface area contributed by atoms with Crippen molar-refractivity contribution < 1.29 is 0 Å². The van der Waals surface area contributed by atoms with Crippen molar-refractivity contribution in [3.8, 4) is 0 Å². The molecule has 3 nitrogen and oxygen atoms in total. The predicted molar refractivity (Wildman–Crippen MR) is 88.8 cm³/mol. The molecule has 0 aliphatic heterocycles. The average molecular weight is 306 g/mol. The van der Waals surface area contributed by atoms with Crippen LogP contribution in [-0.4, -0.2) is 16.3 Å². The summed E-state index contributed by atoms with van der Waals surface area (Å²) in [5, 5.41) is 8.95. The van der Waals surface area contributed by atoms with Gasteiger partial charge in [-0.25, -0.2) is 0 Å². The van der Waals surface area contributed by atoms with Crippen LogP contribution in [0.3, 0.4) is 0 Å². The molecule has 0 bridgehead atoms. The number of aromatic nitrogens is 2. The van der Waals surface area contributed by atoms with Crippen LogP contribution >= 0.6 is 11.6 Å². The summed E-state index contributed by atoms with van der Waals surface area (Å²) in [7, 11) is 1.97. The fraction of sp³-hybridized carbons (Fsp3) is 0.471. The van der Waals surface area contributed by atoms with Crippen molar-refractivity contribution in [2.75, 3.05) is 6.54 Å². The molecule has 0 radical (unpaired) electrons. The van der Waals surface area contributed by atoms with Gasteiger partial charge in [0, 0.05) is 19.5 Å². The smallest absolute Gasteiger partial charge is 0.0850 e. The first-order valence-electron chi connectivity index (χ1n) is 7.65. The highest BCUT2D eigenvalue weighted by atomic mass is 35.5. The van der Waals surface area contributed by atoms with Crippen LogP contribution in [0.25, 0.3) is 0 Å². The summed E-state index contributed by atoms with van der Waals surface area (Å²) in [6.07, 6.45) is 2.83. The van der Waals surface area contributed by atoms with Crippen molar-refractivity contribution in [3.63, 3.8) is 0 Å². The van der Waals surface area contributed by atoms with Crippen LogP contribution in [0.5, 0.6) is 0 Å². The van der Waals surface area contributed by atoms with Gasteiger partial charge in [0.2, 0.25) is 0 Å². The van der Waals surface area contributed by atoms with Crippen molar-refractivity contribution in [2.45, 2.75) is 39.2 Å². The van der Waals surface area contributed by atoms with E-state index >= 15 is 0 Å². The first-order valence-corrected chi connectivity index (χ1v) is 8.03. The Balaban J connectivity index is 2.25. The number of rotatable bonds is 7. The Morgan fingerprint density at radius 1 is 1.24 bits per heavy atom. The minimum atomic E-state index is 0.267. The van der Waals surface area contributed by atoms with Crippen LogP contribution in [0.15, 0.2) is 30.3 Å². The van der Waals surface area contributed by atoms with Crippen LogP contribution in [-0.2, 0) is 19.9 Å². The zero-order valence-corrected chi connectivity index (χ0v) is 13.8. The van der Waals surface area contributed by atoms with Crippen LogP contribution < -0.4 is 5.32 Å². The highest BCUT2D eigenvalue weighted by molar-refractivity contribution is 6.31. The van der Waals surface area contributed by atoms with E-state index in [1.165, 1.54) is 5.56 Å². The van der Waals surface area contributed by atoms with Gasteiger partial charge in [-0.15, -0.1) is 0 Å². The molecule has 0 saturated heterocycles. The number of halogens is 1. The van der Waals surface area contributed by atoms with E-state index in [9.17, 15) is 0 Å². The molecule has 1 N–H and O–H groups in total. The molecule has 0 fully saturated rings. The largest absolute Gasteiger partial charge is 0.310 e. The second-order valence-corrected chi connectivity index (χ2v) is 5.68. The normalized spacial score (nSPS) is 12.6. The summed E-state index contributed by atoms with van der Waals surface area (Å²) in [6.45, 7) is 5.26. The molecule has 1 heterocycles. The highest BCUT2D eigenvalue weighted by Gasteiger charge is 2.18. The van der Waals surface area contributed by atoms with Crippen molar-refractivity contribution in [2.24, 2.45) is 7.05 Å². The van der Waals surface area contributed by atoms with Gasteiger partial charge in [0.25, 0.3) is 0 Å². The molecule has 1 aromatic heterocycles. The molecule has 0 saturated carbocycles. The van der Waals surface area contributed by atoms with Crippen molar-refractivity contribution >= 4 is 11.6 Å². The Kier molecular flexibility index (Phi) is 5.83. The number of nitrogens with zero attached hydrogens (tertiary/aromatic N) is 2. The quantitative estimate of drug-likeness (QED) is 0.840. The standard InChI is InChI=1S/C17H24ClN3/c1-4-11-19-15(13-9-7-6-8-10-13)12-16-17(18)14(5-2)20-21(16)3/h6-10,15,19H,4-5,11-12H2,1-3H3. The molecule has 1 aromatic carbocycles. The SMILES string of the molecule is CCCNC(Cc1c(Cl)c(CC)nn1C)c1ccccc1. The summed E-state index contributed by atoms with van der Waals surface area (Å²) >= 11 is 6.48. The van der Waals surface area contributed by atoms with Gasteiger partial charge in [-0.3, -0.25) is 4.68 Å². The first-order chi connectivity index (χ1) is 10.2. The summed E-state index contributed by atoms with van der Waals surface area (Å²) in [5.74, 6) is 0. The average Bonchev–Trinajstić information content (AvgIpc) is 2.79. The van der Waals surface area contributed by atoms with E-state index in [2.05, 4.69) is 48.5 Å². The maximum Gasteiger partial charge on any atom is 0.0850 e. The van der Waals surface area contributed by atoms with E-state index in [1.54, 1.807) is 0 Å². The van der Waals surface area contributed by atoms with Crippen molar-refractivity contribution in [1.29, 1.82) is 0 Å². The fourth-order valence-corrected chi connectivity index (χ4v) is 2.92. The van der Waals surface area contributed by atoms with Gasteiger partial charge >= 0.3 is 0 Å². The van der Waals surface area contributed by atoms with Crippen LogP contribution in [0.4, 0.5) is 0 Å². The number of aryl methyl sites for hydroxylation is 2. The lowest BCUT2D eigenvalue weighted by Crippen LogP contribution is -2.25. The van der Waals surface area contributed by atoms with Gasteiger partial charge in [0.05, 0.1) is 16.4 Å². The van der Waals surface area contributed by atoms with Crippen molar-refractivity contribution in [1.82, 2.24) is 15.1 Å². The Labute approximate surface area is 132 Å². The molecule has 0 amide bonds.